The third kappa shape index (κ3) is 4.09. The van der Waals surface area contributed by atoms with Gasteiger partial charge in [-0.15, -0.1) is 0 Å². The number of sulfonamides is 1. The van der Waals surface area contributed by atoms with Gasteiger partial charge >= 0.3 is 0 Å². The normalized spacial score (nSPS) is 11.4. The molecule has 8 heteroatoms. The van der Waals surface area contributed by atoms with E-state index in [0.29, 0.717) is 11.3 Å². The average molecular weight is 394 g/mol. The molecule has 0 radical (unpaired) electrons. The lowest BCUT2D eigenvalue weighted by atomic mass is 10.2. The zero-order chi connectivity index (χ0) is 15.6. The molecule has 0 aliphatic heterocycles. The summed E-state index contributed by atoms with van der Waals surface area (Å²) in [4.78, 5) is 0. The summed E-state index contributed by atoms with van der Waals surface area (Å²) in [6.07, 6.45) is 0. The lowest BCUT2D eigenvalue weighted by molar-refractivity contribution is 0.600. The van der Waals surface area contributed by atoms with Crippen LogP contribution in [0.15, 0.2) is 40.9 Å². The molecule has 0 aliphatic carbocycles. The lowest BCUT2D eigenvalue weighted by Crippen LogP contribution is -2.16. The van der Waals surface area contributed by atoms with Gasteiger partial charge in [0.2, 0.25) is 10.0 Å². The highest BCUT2D eigenvalue weighted by atomic mass is 79.9. The van der Waals surface area contributed by atoms with Crippen LogP contribution in [0, 0.1) is 5.82 Å². The van der Waals surface area contributed by atoms with Crippen molar-refractivity contribution in [3.63, 3.8) is 0 Å². The van der Waals surface area contributed by atoms with E-state index in [0.717, 1.165) is 12.1 Å². The predicted octanol–water partition coefficient (Wildman–Crippen LogP) is 3.77. The summed E-state index contributed by atoms with van der Waals surface area (Å²) in [5.41, 5.74) is 6.67. The van der Waals surface area contributed by atoms with E-state index in [2.05, 4.69) is 20.7 Å². The largest absolute Gasteiger partial charge is 0.398 e. The SMILES string of the molecule is Nc1ccccc1CS(=O)(=O)Nc1c(Cl)cc(F)cc1Br. The molecule has 0 aliphatic rings. The lowest BCUT2D eigenvalue weighted by Gasteiger charge is -2.12. The maximum absolute atomic E-state index is 13.1. The fourth-order valence-electron chi connectivity index (χ4n) is 1.70. The Hall–Kier alpha value is -1.31. The van der Waals surface area contributed by atoms with Gasteiger partial charge in [0, 0.05) is 10.2 Å². The molecule has 4 nitrogen and oxygen atoms in total. The Labute approximate surface area is 135 Å². The molecule has 21 heavy (non-hydrogen) atoms. The predicted molar refractivity (Wildman–Crippen MR) is 86.2 cm³/mol. The molecule has 2 aromatic rings. The molecule has 0 amide bonds. The van der Waals surface area contributed by atoms with Gasteiger partial charge in [-0.1, -0.05) is 29.8 Å². The minimum Gasteiger partial charge on any atom is -0.398 e. The van der Waals surface area contributed by atoms with Crippen molar-refractivity contribution in [2.24, 2.45) is 0 Å². The van der Waals surface area contributed by atoms with Crippen molar-refractivity contribution in [3.8, 4) is 0 Å². The van der Waals surface area contributed by atoms with Crippen molar-refractivity contribution < 1.29 is 12.8 Å². The van der Waals surface area contributed by atoms with Crippen LogP contribution in [0.1, 0.15) is 5.56 Å². The van der Waals surface area contributed by atoms with Gasteiger partial charge in [0.05, 0.1) is 16.5 Å². The number of benzene rings is 2. The van der Waals surface area contributed by atoms with Gasteiger partial charge in [0.15, 0.2) is 0 Å². The highest BCUT2D eigenvalue weighted by molar-refractivity contribution is 9.10. The standard InChI is InChI=1S/C13H11BrClFN2O2S/c14-10-5-9(16)6-11(15)13(10)18-21(19,20)7-8-3-1-2-4-12(8)17/h1-6,18H,7,17H2. The van der Waals surface area contributed by atoms with E-state index in [1.54, 1.807) is 24.3 Å². The molecule has 112 valence electrons. The van der Waals surface area contributed by atoms with Crippen LogP contribution >= 0.6 is 27.5 Å². The van der Waals surface area contributed by atoms with Crippen LogP contribution in [-0.2, 0) is 15.8 Å². The second-order valence-corrected chi connectivity index (χ2v) is 7.29. The van der Waals surface area contributed by atoms with E-state index >= 15 is 0 Å². The first-order valence-electron chi connectivity index (χ1n) is 5.77. The first kappa shape index (κ1) is 16.1. The van der Waals surface area contributed by atoms with Crippen LogP contribution in [0.5, 0.6) is 0 Å². The Morgan fingerprint density at radius 2 is 1.95 bits per heavy atom. The monoisotopic (exact) mass is 392 g/mol. The van der Waals surface area contributed by atoms with Gasteiger partial charge in [0.1, 0.15) is 5.82 Å². The molecular weight excluding hydrogens is 383 g/mol. The summed E-state index contributed by atoms with van der Waals surface area (Å²) >= 11 is 8.93. The minimum absolute atomic E-state index is 0.0357. The Kier molecular flexibility index (Phi) is 4.75. The van der Waals surface area contributed by atoms with E-state index in [9.17, 15) is 12.8 Å². The molecule has 0 bridgehead atoms. The van der Waals surface area contributed by atoms with Gasteiger partial charge in [-0.2, -0.15) is 0 Å². The van der Waals surface area contributed by atoms with Crippen molar-refractivity contribution in [1.82, 2.24) is 0 Å². The second-order valence-electron chi connectivity index (χ2n) is 4.30. The van der Waals surface area contributed by atoms with Crippen LogP contribution in [-0.4, -0.2) is 8.42 Å². The van der Waals surface area contributed by atoms with Gasteiger partial charge in [-0.3, -0.25) is 4.72 Å². The molecule has 0 heterocycles. The Bertz CT molecular complexity index is 760. The molecule has 0 aromatic heterocycles. The zero-order valence-electron chi connectivity index (χ0n) is 10.6. The highest BCUT2D eigenvalue weighted by Gasteiger charge is 2.17. The Balaban J connectivity index is 2.29. The molecule has 0 fully saturated rings. The van der Waals surface area contributed by atoms with Gasteiger partial charge in [-0.05, 0) is 39.7 Å². The number of para-hydroxylation sites is 1. The van der Waals surface area contributed by atoms with Crippen molar-refractivity contribution in [3.05, 3.63) is 57.3 Å². The summed E-state index contributed by atoms with van der Waals surface area (Å²) in [5, 5.41) is -0.0357. The van der Waals surface area contributed by atoms with Crippen LogP contribution < -0.4 is 10.5 Å². The second kappa shape index (κ2) is 6.21. The minimum atomic E-state index is -3.73. The maximum Gasteiger partial charge on any atom is 0.237 e. The van der Waals surface area contributed by atoms with Gasteiger partial charge in [-0.25, -0.2) is 12.8 Å². The molecule has 0 atom stereocenters. The summed E-state index contributed by atoms with van der Waals surface area (Å²) < 4.78 is 40.0. The number of nitrogens with one attached hydrogen (secondary N) is 1. The molecule has 0 spiro atoms. The van der Waals surface area contributed by atoms with Crippen molar-refractivity contribution in [2.75, 3.05) is 10.5 Å². The first-order valence-corrected chi connectivity index (χ1v) is 8.59. The molecular formula is C13H11BrClFN2O2S. The van der Waals surface area contributed by atoms with Crippen LogP contribution in [0.25, 0.3) is 0 Å². The van der Waals surface area contributed by atoms with E-state index in [4.69, 9.17) is 17.3 Å². The number of hydrogen-bond acceptors (Lipinski definition) is 3. The van der Waals surface area contributed by atoms with E-state index < -0.39 is 15.8 Å². The highest BCUT2D eigenvalue weighted by Crippen LogP contribution is 2.33. The Morgan fingerprint density at radius 3 is 2.57 bits per heavy atom. The smallest absolute Gasteiger partial charge is 0.237 e. The quantitative estimate of drug-likeness (QED) is 0.777. The number of hydrogen-bond donors (Lipinski definition) is 2. The maximum atomic E-state index is 13.1. The van der Waals surface area contributed by atoms with Crippen LogP contribution in [0.2, 0.25) is 5.02 Å². The third-order valence-corrected chi connectivity index (χ3v) is 4.79. The number of nitrogen functional groups attached to an aromatic ring is 1. The third-order valence-electron chi connectivity index (χ3n) is 2.67. The van der Waals surface area contributed by atoms with Gasteiger partial charge < -0.3 is 5.73 Å². The fraction of sp³-hybridized carbons (Fsp3) is 0.0769. The number of halogens is 3. The topological polar surface area (TPSA) is 72.2 Å². The molecule has 2 aromatic carbocycles. The van der Waals surface area contributed by atoms with Crippen LogP contribution in [0.4, 0.5) is 15.8 Å². The van der Waals surface area contributed by atoms with E-state index in [-0.39, 0.29) is 20.9 Å². The molecule has 0 unspecified atom stereocenters. The Morgan fingerprint density at radius 1 is 1.29 bits per heavy atom. The zero-order valence-corrected chi connectivity index (χ0v) is 13.8. The number of anilines is 2. The molecule has 0 saturated heterocycles. The number of rotatable bonds is 4. The van der Waals surface area contributed by atoms with Crippen LogP contribution in [0.3, 0.4) is 0 Å². The van der Waals surface area contributed by atoms with Crippen molar-refractivity contribution >= 4 is 48.9 Å². The molecule has 0 saturated carbocycles. The summed E-state index contributed by atoms with van der Waals surface area (Å²) in [5.74, 6) is -0.873. The van der Waals surface area contributed by atoms with Crippen molar-refractivity contribution in [1.29, 1.82) is 0 Å². The summed E-state index contributed by atoms with van der Waals surface area (Å²) in [6.45, 7) is 0. The summed E-state index contributed by atoms with van der Waals surface area (Å²) in [6, 6.07) is 8.80. The van der Waals surface area contributed by atoms with Gasteiger partial charge in [0.25, 0.3) is 0 Å². The van der Waals surface area contributed by atoms with E-state index in [1.165, 1.54) is 0 Å². The fourth-order valence-corrected chi connectivity index (χ4v) is 4.06. The summed E-state index contributed by atoms with van der Waals surface area (Å²) in [7, 11) is -3.73. The van der Waals surface area contributed by atoms with Crippen molar-refractivity contribution in [2.45, 2.75) is 5.75 Å². The average Bonchev–Trinajstić information content (AvgIpc) is 2.36. The van der Waals surface area contributed by atoms with E-state index in [1.807, 2.05) is 0 Å². The number of nitrogens with two attached hydrogens (primary N) is 1. The molecule has 2 rings (SSSR count). The molecule has 3 N–H and O–H groups in total. The first-order chi connectivity index (χ1) is 9.78.